The van der Waals surface area contributed by atoms with Crippen LogP contribution in [0.1, 0.15) is 41.5 Å². The first kappa shape index (κ1) is 22.9. The van der Waals surface area contributed by atoms with E-state index >= 15 is 0 Å². The summed E-state index contributed by atoms with van der Waals surface area (Å²) < 4.78 is 18.8. The van der Waals surface area contributed by atoms with Crippen molar-refractivity contribution in [2.45, 2.75) is 101 Å². The van der Waals surface area contributed by atoms with Gasteiger partial charge in [0.1, 0.15) is 11.5 Å². The average molecular weight is 416 g/mol. The summed E-state index contributed by atoms with van der Waals surface area (Å²) in [6, 6.07) is 0. The molecule has 0 aromatic heterocycles. The van der Waals surface area contributed by atoms with Crippen LogP contribution in [-0.2, 0) is 13.6 Å². The zero-order valence-corrected chi connectivity index (χ0v) is 20.5. The largest absolute Gasteiger partial charge is 0.414 e. The second-order valence-electron chi connectivity index (χ2n) is 9.88. The molecule has 0 radical (unpaired) electrons. The molecule has 1 aliphatic heterocycles. The summed E-state index contributed by atoms with van der Waals surface area (Å²) in [6.45, 7) is 22.8. The average Bonchev–Trinajstić information content (AvgIpc) is 2.61. The molecule has 0 bridgehead atoms. The van der Waals surface area contributed by atoms with E-state index in [-0.39, 0.29) is 27.7 Å². The Hall–Kier alpha value is 0.894. The third-order valence-electron chi connectivity index (χ3n) is 5.89. The number of halogens is 2. The summed E-state index contributed by atoms with van der Waals surface area (Å²) in [4.78, 5) is 0. The maximum absolute atomic E-state index is 6.54. The van der Waals surface area contributed by atoms with Crippen LogP contribution in [0.4, 0.5) is 0 Å². The minimum absolute atomic E-state index is 0.110. The van der Waals surface area contributed by atoms with Gasteiger partial charge in [0.05, 0.1) is 12.7 Å². The second-order valence-corrected chi connectivity index (χ2v) is 20.4. The molecule has 0 saturated carbocycles. The van der Waals surface area contributed by atoms with Crippen molar-refractivity contribution >= 4 is 39.8 Å². The zero-order chi connectivity index (χ0) is 19.1. The molecule has 1 fully saturated rings. The Morgan fingerprint density at radius 3 is 1.75 bits per heavy atom. The Labute approximate surface area is 161 Å². The van der Waals surface area contributed by atoms with Crippen LogP contribution in [0.25, 0.3) is 0 Å². The normalized spacial score (nSPS) is 30.0. The van der Waals surface area contributed by atoms with Gasteiger partial charge in [0, 0.05) is 0 Å². The first-order valence-electron chi connectivity index (χ1n) is 8.75. The minimum atomic E-state index is -1.96. The molecular weight excluding hydrogens is 379 g/mol. The van der Waals surface area contributed by atoms with Crippen LogP contribution in [0.2, 0.25) is 36.3 Å². The zero-order valence-electron chi connectivity index (χ0n) is 17.0. The van der Waals surface area contributed by atoms with Crippen molar-refractivity contribution < 1.29 is 13.6 Å². The molecule has 2 unspecified atom stereocenters. The van der Waals surface area contributed by atoms with Crippen LogP contribution in [0.3, 0.4) is 0 Å². The van der Waals surface area contributed by atoms with Gasteiger partial charge in [0.15, 0.2) is 22.2 Å². The number of alkyl halides is 2. The fourth-order valence-electron chi connectivity index (χ4n) is 1.97. The molecule has 1 rings (SSSR count). The van der Waals surface area contributed by atoms with Crippen molar-refractivity contribution in [3.63, 3.8) is 0 Å². The maximum Gasteiger partial charge on any atom is 0.192 e. The number of hydrogen-bond donors (Lipinski definition) is 0. The van der Waals surface area contributed by atoms with E-state index in [1.54, 1.807) is 0 Å². The van der Waals surface area contributed by atoms with E-state index in [9.17, 15) is 0 Å². The van der Waals surface area contributed by atoms with E-state index in [2.05, 4.69) is 67.7 Å². The van der Waals surface area contributed by atoms with E-state index in [4.69, 9.17) is 36.8 Å². The SMILES string of the molecule is CC(C)(C)[Si](C)(C)OC[C@H]1O[C@H](Cl)C(Cl)C1O[Si](C)(C)C(C)(C)C. The standard InChI is InChI=1S/C17H36Cl2O3Si2/c1-16(2,3)23(7,8)20-11-12-14(13(18)15(19)21-12)22-24(9,10)17(4,5)6/h12-15H,11H2,1-10H3/t12-,13?,14?,15+/m1/s1. The molecule has 1 heterocycles. The van der Waals surface area contributed by atoms with Crippen molar-refractivity contribution in [2.24, 2.45) is 0 Å². The van der Waals surface area contributed by atoms with Gasteiger partial charge in [-0.25, -0.2) is 0 Å². The van der Waals surface area contributed by atoms with Gasteiger partial charge in [-0.1, -0.05) is 53.1 Å². The molecule has 0 N–H and O–H groups in total. The first-order valence-corrected chi connectivity index (χ1v) is 15.4. The Balaban J connectivity index is 2.86. The topological polar surface area (TPSA) is 27.7 Å². The summed E-state index contributed by atoms with van der Waals surface area (Å²) in [6.07, 6.45) is -0.432. The summed E-state index contributed by atoms with van der Waals surface area (Å²) >= 11 is 12.8. The number of ether oxygens (including phenoxy) is 1. The highest BCUT2D eigenvalue weighted by atomic mass is 35.5. The molecule has 0 spiro atoms. The van der Waals surface area contributed by atoms with Crippen LogP contribution >= 0.6 is 23.2 Å². The summed E-state index contributed by atoms with van der Waals surface area (Å²) in [5.41, 5.74) is -0.533. The van der Waals surface area contributed by atoms with Gasteiger partial charge in [-0.2, -0.15) is 0 Å². The van der Waals surface area contributed by atoms with Crippen molar-refractivity contribution in [3.8, 4) is 0 Å². The smallest absolute Gasteiger partial charge is 0.192 e. The molecule has 7 heteroatoms. The lowest BCUT2D eigenvalue weighted by Gasteiger charge is -2.41. The van der Waals surface area contributed by atoms with Gasteiger partial charge in [-0.15, -0.1) is 11.6 Å². The lowest BCUT2D eigenvalue weighted by molar-refractivity contribution is 0.00337. The Kier molecular flexibility index (Phi) is 7.16. The fraction of sp³-hybridized carbons (Fsp3) is 1.00. The van der Waals surface area contributed by atoms with Gasteiger partial charge in [0.25, 0.3) is 0 Å². The summed E-state index contributed by atoms with van der Waals surface area (Å²) in [5.74, 6) is 0. The van der Waals surface area contributed by atoms with E-state index in [1.807, 2.05) is 0 Å². The third-order valence-corrected chi connectivity index (χ3v) is 15.8. The number of rotatable bonds is 5. The Bertz CT molecular complexity index is 431. The van der Waals surface area contributed by atoms with E-state index in [1.165, 1.54) is 0 Å². The van der Waals surface area contributed by atoms with Crippen LogP contribution in [-0.4, -0.2) is 46.4 Å². The van der Waals surface area contributed by atoms with Crippen LogP contribution in [0, 0.1) is 0 Å². The minimum Gasteiger partial charge on any atom is -0.414 e. The predicted molar refractivity (Wildman–Crippen MR) is 109 cm³/mol. The van der Waals surface area contributed by atoms with Crippen LogP contribution in [0.15, 0.2) is 0 Å². The van der Waals surface area contributed by atoms with Crippen LogP contribution < -0.4 is 0 Å². The van der Waals surface area contributed by atoms with E-state index in [0.29, 0.717) is 6.61 Å². The maximum atomic E-state index is 6.54. The molecule has 0 aromatic carbocycles. The first-order chi connectivity index (χ1) is 10.5. The summed E-state index contributed by atoms with van der Waals surface area (Å²) in [5, 5.41) is -0.0881. The van der Waals surface area contributed by atoms with Crippen LogP contribution in [0.5, 0.6) is 0 Å². The molecular formula is C17H36Cl2O3Si2. The molecule has 0 aliphatic carbocycles. The van der Waals surface area contributed by atoms with Crippen molar-refractivity contribution in [3.05, 3.63) is 0 Å². The highest BCUT2D eigenvalue weighted by Crippen LogP contribution is 2.42. The Morgan fingerprint density at radius 2 is 1.33 bits per heavy atom. The highest BCUT2D eigenvalue weighted by molar-refractivity contribution is 6.74. The molecule has 144 valence electrons. The quantitative estimate of drug-likeness (QED) is 0.409. The van der Waals surface area contributed by atoms with Gasteiger partial charge >= 0.3 is 0 Å². The Morgan fingerprint density at radius 1 is 0.875 bits per heavy atom. The van der Waals surface area contributed by atoms with Crippen molar-refractivity contribution in [1.29, 1.82) is 0 Å². The summed E-state index contributed by atoms with van der Waals surface area (Å²) in [7, 11) is -3.81. The molecule has 0 amide bonds. The molecule has 24 heavy (non-hydrogen) atoms. The van der Waals surface area contributed by atoms with Crippen molar-refractivity contribution in [1.82, 2.24) is 0 Å². The molecule has 4 atom stereocenters. The molecule has 1 saturated heterocycles. The third kappa shape index (κ3) is 5.21. The highest BCUT2D eigenvalue weighted by Gasteiger charge is 2.50. The van der Waals surface area contributed by atoms with Crippen molar-refractivity contribution in [2.75, 3.05) is 6.61 Å². The van der Waals surface area contributed by atoms with Gasteiger partial charge in [0.2, 0.25) is 0 Å². The predicted octanol–water partition coefficient (Wildman–Crippen LogP) is 5.97. The monoisotopic (exact) mass is 414 g/mol. The van der Waals surface area contributed by atoms with Gasteiger partial charge in [-0.05, 0) is 36.3 Å². The van der Waals surface area contributed by atoms with E-state index < -0.39 is 22.2 Å². The van der Waals surface area contributed by atoms with Gasteiger partial charge in [-0.3, -0.25) is 0 Å². The van der Waals surface area contributed by atoms with Gasteiger partial charge < -0.3 is 13.6 Å². The second kappa shape index (κ2) is 7.49. The fourth-order valence-corrected chi connectivity index (χ4v) is 4.95. The number of hydrogen-bond acceptors (Lipinski definition) is 3. The van der Waals surface area contributed by atoms with E-state index in [0.717, 1.165) is 0 Å². The molecule has 0 aromatic rings. The lowest BCUT2D eigenvalue weighted by Crippen LogP contribution is -2.50. The molecule has 3 nitrogen and oxygen atoms in total. The lowest BCUT2D eigenvalue weighted by atomic mass is 10.2. The molecule has 1 aliphatic rings.